The van der Waals surface area contributed by atoms with Gasteiger partial charge in [0, 0.05) is 6.07 Å². The molecule has 2 aromatic rings. The molecule has 0 fully saturated rings. The zero-order chi connectivity index (χ0) is 13.1. The van der Waals surface area contributed by atoms with Crippen molar-refractivity contribution in [3.8, 4) is 17.3 Å². The molecule has 0 radical (unpaired) electrons. The molecule has 0 aliphatic heterocycles. The molecule has 0 unspecified atom stereocenters. The molecule has 1 heterocycles. The molecule has 0 bridgehead atoms. The monoisotopic (exact) mass is 249 g/mol. The molecule has 0 amide bonds. The number of H-pyrrole nitrogens is 1. The normalized spacial score (nSPS) is 10.7. The number of nitrogens with zero attached hydrogens (tertiary/aromatic N) is 1. The lowest BCUT2D eigenvalue weighted by Crippen LogP contribution is -2.09. The van der Waals surface area contributed by atoms with Crippen molar-refractivity contribution in [2.45, 2.75) is 12.8 Å². The quantitative estimate of drug-likeness (QED) is 0.632. The van der Waals surface area contributed by atoms with Crippen molar-refractivity contribution in [3.63, 3.8) is 0 Å². The first-order chi connectivity index (χ1) is 8.63. The highest BCUT2D eigenvalue weighted by molar-refractivity contribution is 5.41. The van der Waals surface area contributed by atoms with Crippen molar-refractivity contribution in [1.82, 2.24) is 9.78 Å². The van der Waals surface area contributed by atoms with Gasteiger partial charge in [0.1, 0.15) is 5.75 Å². The van der Waals surface area contributed by atoms with Gasteiger partial charge in [0.25, 0.3) is 5.56 Å². The van der Waals surface area contributed by atoms with Crippen molar-refractivity contribution in [3.05, 3.63) is 40.2 Å². The summed E-state index contributed by atoms with van der Waals surface area (Å²) in [5, 5.41) is 21.9. The van der Waals surface area contributed by atoms with Crippen LogP contribution < -0.4 is 11.3 Å². The number of phenols is 1. The Morgan fingerprint density at radius 3 is 2.78 bits per heavy atom. The van der Waals surface area contributed by atoms with Gasteiger partial charge in [-0.2, -0.15) is 0 Å². The Morgan fingerprint density at radius 2 is 2.11 bits per heavy atom. The predicted octanol–water partition coefficient (Wildman–Crippen LogP) is 0.468. The summed E-state index contributed by atoms with van der Waals surface area (Å²) in [7, 11) is 0. The topological polar surface area (TPSA) is 104 Å². The van der Waals surface area contributed by atoms with Gasteiger partial charge in [-0.25, -0.2) is 4.68 Å². The second-order valence-electron chi connectivity index (χ2n) is 3.99. The van der Waals surface area contributed by atoms with Gasteiger partial charge in [-0.3, -0.25) is 9.89 Å². The first-order valence-corrected chi connectivity index (χ1v) is 5.66. The number of hydrogen-bond donors (Lipinski definition) is 4. The zero-order valence-electron chi connectivity index (χ0n) is 9.76. The number of phenolic OH excluding ortho intramolecular Hbond substituents is 1. The third-order valence-corrected chi connectivity index (χ3v) is 2.69. The Morgan fingerprint density at radius 1 is 1.33 bits per heavy atom. The summed E-state index contributed by atoms with van der Waals surface area (Å²) in [5.74, 6) is -0.0796. The lowest BCUT2D eigenvalue weighted by molar-refractivity contribution is 0.426. The maximum atomic E-state index is 11.7. The Hall–Kier alpha value is -2.21. The minimum atomic E-state index is -0.343. The van der Waals surface area contributed by atoms with Crippen LogP contribution in [0.4, 0.5) is 0 Å². The number of nitrogens with two attached hydrogens (primary N) is 1. The minimum absolute atomic E-state index is 0.0601. The summed E-state index contributed by atoms with van der Waals surface area (Å²) in [6.45, 7) is 0.455. The van der Waals surface area contributed by atoms with Gasteiger partial charge in [0.05, 0.1) is 11.3 Å². The van der Waals surface area contributed by atoms with Gasteiger partial charge >= 0.3 is 0 Å². The third kappa shape index (κ3) is 2.23. The number of aromatic amines is 1. The highest BCUT2D eigenvalue weighted by atomic mass is 16.3. The van der Waals surface area contributed by atoms with Gasteiger partial charge in [0.2, 0.25) is 5.88 Å². The molecular weight excluding hydrogens is 234 g/mol. The average molecular weight is 249 g/mol. The van der Waals surface area contributed by atoms with Crippen molar-refractivity contribution in [1.29, 1.82) is 0 Å². The number of hydrogen-bond acceptors (Lipinski definition) is 4. The molecule has 0 spiro atoms. The molecule has 0 atom stereocenters. The van der Waals surface area contributed by atoms with Gasteiger partial charge in [0.15, 0.2) is 0 Å². The van der Waals surface area contributed by atoms with E-state index in [1.165, 1.54) is 16.8 Å². The fourth-order valence-electron chi connectivity index (χ4n) is 1.78. The zero-order valence-corrected chi connectivity index (χ0v) is 9.76. The second-order valence-corrected chi connectivity index (χ2v) is 3.99. The van der Waals surface area contributed by atoms with E-state index >= 15 is 0 Å². The van der Waals surface area contributed by atoms with Crippen LogP contribution in [0.5, 0.6) is 11.6 Å². The van der Waals surface area contributed by atoms with Gasteiger partial charge in [-0.1, -0.05) is 6.07 Å². The van der Waals surface area contributed by atoms with E-state index in [4.69, 9.17) is 5.73 Å². The minimum Gasteiger partial charge on any atom is -0.508 e. The van der Waals surface area contributed by atoms with E-state index in [2.05, 4.69) is 5.10 Å². The summed E-state index contributed by atoms with van der Waals surface area (Å²) in [4.78, 5) is 11.7. The van der Waals surface area contributed by atoms with Crippen molar-refractivity contribution in [2.24, 2.45) is 5.73 Å². The summed E-state index contributed by atoms with van der Waals surface area (Å²) in [6, 6.07) is 6.25. The highest BCUT2D eigenvalue weighted by Gasteiger charge is 2.14. The molecule has 6 nitrogen and oxygen atoms in total. The molecule has 5 N–H and O–H groups in total. The first kappa shape index (κ1) is 12.3. The standard InChI is InChI=1S/C12H15N3O3/c13-6-2-5-10-11(17)14-15(12(10)18)8-3-1-4-9(16)7-8/h1,3-4,7,16,18H,2,5-6,13H2,(H,14,17). The van der Waals surface area contributed by atoms with Crippen molar-refractivity contribution in [2.75, 3.05) is 6.54 Å². The molecule has 0 aliphatic carbocycles. The lowest BCUT2D eigenvalue weighted by Gasteiger charge is -2.04. The van der Waals surface area contributed by atoms with Crippen LogP contribution >= 0.6 is 0 Å². The van der Waals surface area contributed by atoms with E-state index in [-0.39, 0.29) is 17.2 Å². The lowest BCUT2D eigenvalue weighted by atomic mass is 10.2. The molecule has 1 aromatic heterocycles. The van der Waals surface area contributed by atoms with Crippen LogP contribution in [0.3, 0.4) is 0 Å². The Bertz CT molecular complexity index is 601. The maximum Gasteiger partial charge on any atom is 0.271 e. The van der Waals surface area contributed by atoms with Gasteiger partial charge in [-0.05, 0) is 31.5 Å². The van der Waals surface area contributed by atoms with Crippen LogP contribution in [-0.2, 0) is 6.42 Å². The largest absolute Gasteiger partial charge is 0.508 e. The number of aromatic hydroxyl groups is 2. The molecule has 0 saturated carbocycles. The third-order valence-electron chi connectivity index (χ3n) is 2.69. The van der Waals surface area contributed by atoms with Crippen LogP contribution in [0, 0.1) is 0 Å². The van der Waals surface area contributed by atoms with E-state index in [0.717, 1.165) is 0 Å². The molecule has 1 aromatic carbocycles. The van der Waals surface area contributed by atoms with Crippen LogP contribution in [-0.4, -0.2) is 26.5 Å². The van der Waals surface area contributed by atoms with Gasteiger partial charge < -0.3 is 15.9 Å². The van der Waals surface area contributed by atoms with E-state index < -0.39 is 0 Å². The van der Waals surface area contributed by atoms with Crippen LogP contribution in [0.1, 0.15) is 12.0 Å². The smallest absolute Gasteiger partial charge is 0.271 e. The Balaban J connectivity index is 2.44. The number of rotatable bonds is 4. The maximum absolute atomic E-state index is 11.7. The van der Waals surface area contributed by atoms with E-state index in [0.29, 0.717) is 30.6 Å². The molecule has 0 aliphatic rings. The highest BCUT2D eigenvalue weighted by Crippen LogP contribution is 2.21. The SMILES string of the molecule is NCCCc1c(O)n(-c2cccc(O)c2)[nH]c1=O. The molecule has 6 heteroatoms. The van der Waals surface area contributed by atoms with E-state index in [1.54, 1.807) is 12.1 Å². The molecule has 96 valence electrons. The molecule has 2 rings (SSSR count). The number of nitrogens with one attached hydrogen (secondary N) is 1. The first-order valence-electron chi connectivity index (χ1n) is 5.66. The fourth-order valence-corrected chi connectivity index (χ4v) is 1.78. The van der Waals surface area contributed by atoms with Crippen LogP contribution in [0.2, 0.25) is 0 Å². The van der Waals surface area contributed by atoms with Crippen LogP contribution in [0.25, 0.3) is 5.69 Å². The average Bonchev–Trinajstić information content (AvgIpc) is 2.63. The van der Waals surface area contributed by atoms with E-state index in [9.17, 15) is 15.0 Å². The second kappa shape index (κ2) is 4.97. The Labute approximate surface area is 103 Å². The number of benzene rings is 1. The van der Waals surface area contributed by atoms with Crippen molar-refractivity contribution < 1.29 is 10.2 Å². The summed E-state index contributed by atoms with van der Waals surface area (Å²) in [6.07, 6.45) is 1.05. The molecule has 18 heavy (non-hydrogen) atoms. The molecule has 0 saturated heterocycles. The summed E-state index contributed by atoms with van der Waals surface area (Å²) in [5.41, 5.74) is 5.84. The van der Waals surface area contributed by atoms with Crippen molar-refractivity contribution >= 4 is 0 Å². The van der Waals surface area contributed by atoms with Gasteiger partial charge in [-0.15, -0.1) is 0 Å². The Kier molecular flexibility index (Phi) is 3.38. The molecular formula is C12H15N3O3. The van der Waals surface area contributed by atoms with Crippen LogP contribution in [0.15, 0.2) is 29.1 Å². The number of aromatic nitrogens is 2. The summed E-state index contributed by atoms with van der Waals surface area (Å²) < 4.78 is 1.24. The fraction of sp³-hybridized carbons (Fsp3) is 0.250. The van der Waals surface area contributed by atoms with E-state index in [1.807, 2.05) is 0 Å². The summed E-state index contributed by atoms with van der Waals surface area (Å²) >= 11 is 0. The predicted molar refractivity (Wildman–Crippen MR) is 67.1 cm³/mol.